The van der Waals surface area contributed by atoms with Gasteiger partial charge in [-0.3, -0.25) is 25.7 Å². The summed E-state index contributed by atoms with van der Waals surface area (Å²) in [6, 6.07) is 5.71. The molecule has 0 radical (unpaired) electrons. The highest BCUT2D eigenvalue weighted by Gasteiger charge is 2.29. The number of ether oxygens (including phenoxy) is 2. The highest BCUT2D eigenvalue weighted by molar-refractivity contribution is 5.97. The molecule has 160 valence electrons. The number of methoxy groups -OCH3 is 2. The van der Waals surface area contributed by atoms with Gasteiger partial charge in [0.2, 0.25) is 17.7 Å². The standard InChI is InChI=1S/C18H22N6O6/c1-18(2,3)23(22-15(25)11-6-8-12(9-7-11)24(27)28)17(26)21-16-19-13(29-4)10-14(20-16)30-5/h6-10H,1-5H3,(H,22,25)(H,19,20,21,26). The number of nitro groups is 1. The summed E-state index contributed by atoms with van der Waals surface area (Å²) in [6.45, 7) is 5.11. The van der Waals surface area contributed by atoms with E-state index in [1.54, 1.807) is 20.8 Å². The lowest BCUT2D eigenvalue weighted by atomic mass is 10.1. The molecule has 0 saturated heterocycles. The van der Waals surface area contributed by atoms with Crippen LogP contribution in [0.1, 0.15) is 31.1 Å². The van der Waals surface area contributed by atoms with Crippen molar-refractivity contribution in [1.29, 1.82) is 0 Å². The molecule has 0 fully saturated rings. The van der Waals surface area contributed by atoms with Gasteiger partial charge in [0.05, 0.1) is 30.7 Å². The molecule has 2 N–H and O–H groups in total. The SMILES string of the molecule is COc1cc(OC)nc(NC(=O)N(NC(=O)c2ccc([N+](=O)[O-])cc2)C(C)(C)C)n1. The third-order valence-corrected chi connectivity index (χ3v) is 3.74. The summed E-state index contributed by atoms with van der Waals surface area (Å²) in [7, 11) is 2.80. The van der Waals surface area contributed by atoms with Crippen molar-refractivity contribution in [2.45, 2.75) is 26.3 Å². The Morgan fingerprint density at radius 2 is 1.60 bits per heavy atom. The summed E-state index contributed by atoms with van der Waals surface area (Å²) in [5.74, 6) is -0.363. The van der Waals surface area contributed by atoms with E-state index >= 15 is 0 Å². The predicted molar refractivity (Wildman–Crippen MR) is 106 cm³/mol. The summed E-state index contributed by atoms with van der Waals surface area (Å²) in [5.41, 5.74) is 1.65. The second-order valence-corrected chi connectivity index (χ2v) is 6.96. The summed E-state index contributed by atoms with van der Waals surface area (Å²) >= 11 is 0. The van der Waals surface area contributed by atoms with Crippen molar-refractivity contribution in [3.8, 4) is 11.8 Å². The zero-order valence-corrected chi connectivity index (χ0v) is 17.1. The van der Waals surface area contributed by atoms with Gasteiger partial charge in [-0.15, -0.1) is 0 Å². The van der Waals surface area contributed by atoms with Crippen LogP contribution in [0.5, 0.6) is 11.8 Å². The largest absolute Gasteiger partial charge is 0.481 e. The average molecular weight is 418 g/mol. The third kappa shape index (κ3) is 5.53. The molecular weight excluding hydrogens is 396 g/mol. The molecule has 0 aliphatic heterocycles. The molecule has 30 heavy (non-hydrogen) atoms. The van der Waals surface area contributed by atoms with Crippen LogP contribution in [0.4, 0.5) is 16.4 Å². The number of amides is 3. The second-order valence-electron chi connectivity index (χ2n) is 6.96. The lowest BCUT2D eigenvalue weighted by Gasteiger charge is -2.35. The van der Waals surface area contributed by atoms with Crippen LogP contribution in [0.3, 0.4) is 0 Å². The van der Waals surface area contributed by atoms with Crippen molar-refractivity contribution in [2.75, 3.05) is 19.5 Å². The molecule has 0 unspecified atom stereocenters. The molecule has 0 bridgehead atoms. The Kier molecular flexibility index (Phi) is 6.72. The van der Waals surface area contributed by atoms with Crippen LogP contribution >= 0.6 is 0 Å². The molecule has 0 atom stereocenters. The Labute approximate surface area is 172 Å². The first-order valence-corrected chi connectivity index (χ1v) is 8.69. The van der Waals surface area contributed by atoms with E-state index in [-0.39, 0.29) is 29.0 Å². The fourth-order valence-corrected chi connectivity index (χ4v) is 2.24. The molecule has 3 amide bonds. The molecule has 2 aromatic rings. The lowest BCUT2D eigenvalue weighted by molar-refractivity contribution is -0.384. The van der Waals surface area contributed by atoms with E-state index in [0.29, 0.717) is 0 Å². The fourth-order valence-electron chi connectivity index (χ4n) is 2.24. The van der Waals surface area contributed by atoms with Crippen molar-refractivity contribution in [3.63, 3.8) is 0 Å². The van der Waals surface area contributed by atoms with Gasteiger partial charge in [0.1, 0.15) is 0 Å². The van der Waals surface area contributed by atoms with Gasteiger partial charge in [-0.05, 0) is 32.9 Å². The number of hydrogen-bond donors (Lipinski definition) is 2. The maximum atomic E-state index is 12.8. The van der Waals surface area contributed by atoms with E-state index in [1.165, 1.54) is 44.6 Å². The van der Waals surface area contributed by atoms with Crippen molar-refractivity contribution >= 4 is 23.6 Å². The van der Waals surface area contributed by atoms with Crippen LogP contribution in [0.25, 0.3) is 0 Å². The number of nitrogens with one attached hydrogen (secondary N) is 2. The minimum atomic E-state index is -0.830. The highest BCUT2D eigenvalue weighted by Crippen LogP contribution is 2.19. The smallest absolute Gasteiger partial charge is 0.343 e. The molecular formula is C18H22N6O6. The molecule has 0 aliphatic carbocycles. The summed E-state index contributed by atoms with van der Waals surface area (Å²) in [5, 5.41) is 14.3. The molecule has 12 nitrogen and oxygen atoms in total. The van der Waals surface area contributed by atoms with E-state index < -0.39 is 22.4 Å². The first-order chi connectivity index (χ1) is 14.0. The maximum absolute atomic E-state index is 12.8. The Balaban J connectivity index is 2.22. The minimum absolute atomic E-state index is 0.0879. The molecule has 1 heterocycles. The van der Waals surface area contributed by atoms with Crippen LogP contribution in [0.2, 0.25) is 0 Å². The van der Waals surface area contributed by atoms with Crippen molar-refractivity contribution in [3.05, 3.63) is 46.0 Å². The summed E-state index contributed by atoms with van der Waals surface area (Å²) in [4.78, 5) is 43.6. The minimum Gasteiger partial charge on any atom is -0.481 e. The zero-order valence-electron chi connectivity index (χ0n) is 17.1. The van der Waals surface area contributed by atoms with Gasteiger partial charge in [-0.2, -0.15) is 9.97 Å². The van der Waals surface area contributed by atoms with E-state index in [4.69, 9.17) is 9.47 Å². The van der Waals surface area contributed by atoms with E-state index in [1.807, 2.05) is 0 Å². The topological polar surface area (TPSA) is 149 Å². The average Bonchev–Trinajstić information content (AvgIpc) is 2.70. The number of nitrogens with zero attached hydrogens (tertiary/aromatic N) is 4. The highest BCUT2D eigenvalue weighted by atomic mass is 16.6. The number of hydrogen-bond acceptors (Lipinski definition) is 8. The van der Waals surface area contributed by atoms with Gasteiger partial charge in [-0.1, -0.05) is 0 Å². The molecule has 12 heteroatoms. The van der Waals surface area contributed by atoms with Crippen molar-refractivity contribution in [1.82, 2.24) is 20.4 Å². The van der Waals surface area contributed by atoms with Gasteiger partial charge in [0, 0.05) is 17.7 Å². The first kappa shape index (κ1) is 22.3. The molecule has 0 saturated carbocycles. The number of hydrazine groups is 1. The Bertz CT molecular complexity index is 919. The van der Waals surface area contributed by atoms with Gasteiger partial charge in [0.15, 0.2) is 0 Å². The van der Waals surface area contributed by atoms with Crippen LogP contribution in [-0.2, 0) is 0 Å². The number of anilines is 1. The number of carbonyl (C=O) groups excluding carboxylic acids is 2. The number of nitro benzene ring substituents is 1. The number of rotatable bonds is 5. The predicted octanol–water partition coefficient (Wildman–Crippen LogP) is 2.38. The summed E-state index contributed by atoms with van der Waals surface area (Å²) < 4.78 is 10.1. The molecule has 0 aliphatic rings. The van der Waals surface area contributed by atoms with Gasteiger partial charge < -0.3 is 9.47 Å². The quantitative estimate of drug-likeness (QED) is 0.555. The monoisotopic (exact) mass is 418 g/mol. The van der Waals surface area contributed by atoms with Crippen LogP contribution < -0.4 is 20.2 Å². The number of carbonyl (C=O) groups is 2. The second kappa shape index (κ2) is 9.03. The van der Waals surface area contributed by atoms with Crippen molar-refractivity contribution in [2.24, 2.45) is 0 Å². The Morgan fingerprint density at radius 1 is 1.07 bits per heavy atom. The van der Waals surface area contributed by atoms with E-state index in [0.717, 1.165) is 5.01 Å². The summed E-state index contributed by atoms with van der Waals surface area (Å²) in [6.07, 6.45) is 0. The van der Waals surface area contributed by atoms with Crippen LogP contribution in [0.15, 0.2) is 30.3 Å². The first-order valence-electron chi connectivity index (χ1n) is 8.69. The molecule has 1 aromatic carbocycles. The van der Waals surface area contributed by atoms with E-state index in [9.17, 15) is 19.7 Å². The fraction of sp³-hybridized carbons (Fsp3) is 0.333. The van der Waals surface area contributed by atoms with Gasteiger partial charge in [-0.25, -0.2) is 9.80 Å². The Hall–Kier alpha value is -3.96. The van der Waals surface area contributed by atoms with Gasteiger partial charge >= 0.3 is 6.03 Å². The molecule has 0 spiro atoms. The Morgan fingerprint density at radius 3 is 2.03 bits per heavy atom. The lowest BCUT2D eigenvalue weighted by Crippen LogP contribution is -2.57. The number of non-ortho nitro benzene ring substituents is 1. The molecule has 1 aromatic heterocycles. The van der Waals surface area contributed by atoms with Crippen LogP contribution in [0, 0.1) is 10.1 Å². The number of aromatic nitrogens is 2. The van der Waals surface area contributed by atoms with Crippen molar-refractivity contribution < 1.29 is 24.0 Å². The number of urea groups is 1. The normalized spacial score (nSPS) is 10.7. The van der Waals surface area contributed by atoms with Gasteiger partial charge in [0.25, 0.3) is 11.6 Å². The number of benzene rings is 1. The van der Waals surface area contributed by atoms with Crippen LogP contribution in [-0.4, -0.2) is 51.6 Å². The maximum Gasteiger partial charge on any atom is 0.343 e. The zero-order chi connectivity index (χ0) is 22.5. The molecule has 2 rings (SSSR count). The van der Waals surface area contributed by atoms with E-state index in [2.05, 4.69) is 20.7 Å². The third-order valence-electron chi connectivity index (χ3n) is 3.74.